The minimum absolute atomic E-state index is 0.0355. The van der Waals surface area contributed by atoms with Gasteiger partial charge in [0.05, 0.1) is 6.61 Å². The second-order valence-electron chi connectivity index (χ2n) is 4.63. The number of nitrogens with one attached hydrogen (secondary N) is 1. The average Bonchev–Trinajstić information content (AvgIpc) is 2.46. The van der Waals surface area contributed by atoms with Crippen LogP contribution < -0.4 is 14.8 Å². The predicted octanol–water partition coefficient (Wildman–Crippen LogP) is 3.16. The first-order chi connectivity index (χ1) is 9.76. The molecule has 0 spiro atoms. The van der Waals surface area contributed by atoms with E-state index in [1.807, 2.05) is 31.2 Å². The first kappa shape index (κ1) is 16.3. The smallest absolute Gasteiger partial charge is 0.257 e. The Labute approximate surface area is 121 Å². The van der Waals surface area contributed by atoms with Gasteiger partial charge in [0.1, 0.15) is 11.5 Å². The largest absolute Gasteiger partial charge is 0.493 e. The Morgan fingerprint density at radius 1 is 1.10 bits per heavy atom. The Balaban J connectivity index is 2.31. The number of amides is 1. The fourth-order valence-corrected chi connectivity index (χ4v) is 1.77. The van der Waals surface area contributed by atoms with Crippen molar-refractivity contribution in [2.75, 3.05) is 19.8 Å². The van der Waals surface area contributed by atoms with E-state index >= 15 is 0 Å². The van der Waals surface area contributed by atoms with Crippen molar-refractivity contribution in [3.05, 3.63) is 24.3 Å². The fraction of sp³-hybridized carbons (Fsp3) is 0.562. The van der Waals surface area contributed by atoms with Crippen molar-refractivity contribution in [2.45, 2.75) is 39.5 Å². The van der Waals surface area contributed by atoms with E-state index in [0.29, 0.717) is 12.3 Å². The van der Waals surface area contributed by atoms with Crippen molar-refractivity contribution in [2.24, 2.45) is 0 Å². The summed E-state index contributed by atoms with van der Waals surface area (Å²) in [5, 5.41) is 2.69. The highest BCUT2D eigenvalue weighted by Crippen LogP contribution is 2.19. The molecule has 1 amide bonds. The first-order valence-electron chi connectivity index (χ1n) is 7.38. The molecule has 20 heavy (non-hydrogen) atoms. The number of hydrogen-bond acceptors (Lipinski definition) is 3. The van der Waals surface area contributed by atoms with Crippen molar-refractivity contribution in [1.29, 1.82) is 0 Å². The van der Waals surface area contributed by atoms with Crippen LogP contribution in [0.5, 0.6) is 11.5 Å². The topological polar surface area (TPSA) is 47.6 Å². The molecule has 0 atom stereocenters. The highest BCUT2D eigenvalue weighted by molar-refractivity contribution is 5.77. The summed E-state index contributed by atoms with van der Waals surface area (Å²) in [6.45, 7) is 5.44. The van der Waals surface area contributed by atoms with Gasteiger partial charge >= 0.3 is 0 Å². The van der Waals surface area contributed by atoms with Crippen LogP contribution in [-0.2, 0) is 4.79 Å². The number of likely N-dealkylation sites (N-methyl/N-ethyl adjacent to an activating group) is 1. The van der Waals surface area contributed by atoms with E-state index in [0.717, 1.165) is 18.8 Å². The number of ether oxygens (including phenoxy) is 2. The van der Waals surface area contributed by atoms with E-state index in [1.54, 1.807) is 0 Å². The minimum Gasteiger partial charge on any atom is -0.493 e. The SMILES string of the molecule is CCCCCCOc1cccc(OCC(=O)NCC)c1. The van der Waals surface area contributed by atoms with Crippen LogP contribution in [0.25, 0.3) is 0 Å². The summed E-state index contributed by atoms with van der Waals surface area (Å²) < 4.78 is 11.1. The van der Waals surface area contributed by atoms with E-state index in [9.17, 15) is 4.79 Å². The molecule has 4 heteroatoms. The maximum absolute atomic E-state index is 11.3. The number of benzene rings is 1. The summed E-state index contributed by atoms with van der Waals surface area (Å²) in [6.07, 6.45) is 4.74. The van der Waals surface area contributed by atoms with Gasteiger partial charge in [-0.3, -0.25) is 4.79 Å². The van der Waals surface area contributed by atoms with Gasteiger partial charge < -0.3 is 14.8 Å². The predicted molar refractivity (Wildman–Crippen MR) is 80.3 cm³/mol. The zero-order valence-electron chi connectivity index (χ0n) is 12.5. The third-order valence-electron chi connectivity index (χ3n) is 2.82. The molecule has 1 aromatic carbocycles. The number of carbonyl (C=O) groups excluding carboxylic acids is 1. The molecule has 0 aliphatic carbocycles. The molecule has 0 saturated carbocycles. The fourth-order valence-electron chi connectivity index (χ4n) is 1.77. The van der Waals surface area contributed by atoms with Gasteiger partial charge in [-0.05, 0) is 25.5 Å². The van der Waals surface area contributed by atoms with Crippen molar-refractivity contribution in [1.82, 2.24) is 5.32 Å². The van der Waals surface area contributed by atoms with Gasteiger partial charge in [0.15, 0.2) is 6.61 Å². The minimum atomic E-state index is -0.113. The lowest BCUT2D eigenvalue weighted by Crippen LogP contribution is -2.28. The summed E-state index contributed by atoms with van der Waals surface area (Å²) in [7, 11) is 0. The molecule has 0 radical (unpaired) electrons. The van der Waals surface area contributed by atoms with Gasteiger partial charge in [-0.2, -0.15) is 0 Å². The lowest BCUT2D eigenvalue weighted by Gasteiger charge is -2.09. The van der Waals surface area contributed by atoms with E-state index < -0.39 is 0 Å². The zero-order valence-corrected chi connectivity index (χ0v) is 12.5. The van der Waals surface area contributed by atoms with Crippen LogP contribution in [0.4, 0.5) is 0 Å². The van der Waals surface area contributed by atoms with Gasteiger partial charge in [-0.1, -0.05) is 32.3 Å². The molecular formula is C16H25NO3. The summed E-state index contributed by atoms with van der Waals surface area (Å²) in [5.41, 5.74) is 0. The maximum atomic E-state index is 11.3. The van der Waals surface area contributed by atoms with Crippen LogP contribution >= 0.6 is 0 Å². The van der Waals surface area contributed by atoms with Crippen molar-refractivity contribution < 1.29 is 14.3 Å². The Morgan fingerprint density at radius 3 is 2.55 bits per heavy atom. The molecule has 0 heterocycles. The standard InChI is InChI=1S/C16H25NO3/c1-3-5-6-7-11-19-14-9-8-10-15(12-14)20-13-16(18)17-4-2/h8-10,12H,3-7,11,13H2,1-2H3,(H,17,18). The molecule has 0 aliphatic heterocycles. The number of hydrogen-bond donors (Lipinski definition) is 1. The molecule has 1 N–H and O–H groups in total. The number of rotatable bonds is 10. The van der Waals surface area contributed by atoms with Gasteiger partial charge in [0.25, 0.3) is 5.91 Å². The third-order valence-corrected chi connectivity index (χ3v) is 2.82. The van der Waals surface area contributed by atoms with Gasteiger partial charge in [0.2, 0.25) is 0 Å². The van der Waals surface area contributed by atoms with E-state index in [2.05, 4.69) is 12.2 Å². The molecule has 0 unspecified atom stereocenters. The van der Waals surface area contributed by atoms with E-state index in [-0.39, 0.29) is 12.5 Å². The summed E-state index contributed by atoms with van der Waals surface area (Å²) in [6, 6.07) is 7.41. The Morgan fingerprint density at radius 2 is 1.85 bits per heavy atom. The van der Waals surface area contributed by atoms with Crippen molar-refractivity contribution >= 4 is 5.91 Å². The molecule has 1 rings (SSSR count). The lowest BCUT2D eigenvalue weighted by molar-refractivity contribution is -0.122. The zero-order chi connectivity index (χ0) is 14.6. The van der Waals surface area contributed by atoms with Crippen LogP contribution in [0.2, 0.25) is 0 Å². The highest BCUT2D eigenvalue weighted by atomic mass is 16.5. The molecular weight excluding hydrogens is 254 g/mol. The highest BCUT2D eigenvalue weighted by Gasteiger charge is 2.02. The lowest BCUT2D eigenvalue weighted by atomic mass is 10.2. The second kappa shape index (κ2) is 10.1. The normalized spacial score (nSPS) is 10.1. The third kappa shape index (κ3) is 7.02. The van der Waals surface area contributed by atoms with Gasteiger partial charge in [-0.15, -0.1) is 0 Å². The van der Waals surface area contributed by atoms with Crippen LogP contribution in [-0.4, -0.2) is 25.7 Å². The van der Waals surface area contributed by atoms with E-state index in [4.69, 9.17) is 9.47 Å². The number of unbranched alkanes of at least 4 members (excludes halogenated alkanes) is 3. The van der Waals surface area contributed by atoms with Crippen LogP contribution in [0, 0.1) is 0 Å². The summed E-state index contributed by atoms with van der Waals surface area (Å²) in [5.74, 6) is 1.33. The summed E-state index contributed by atoms with van der Waals surface area (Å²) >= 11 is 0. The molecule has 112 valence electrons. The maximum Gasteiger partial charge on any atom is 0.257 e. The quantitative estimate of drug-likeness (QED) is 0.669. The Hall–Kier alpha value is -1.71. The first-order valence-corrected chi connectivity index (χ1v) is 7.38. The molecule has 0 saturated heterocycles. The molecule has 0 fully saturated rings. The Kier molecular flexibility index (Phi) is 8.27. The van der Waals surface area contributed by atoms with Crippen LogP contribution in [0.3, 0.4) is 0 Å². The van der Waals surface area contributed by atoms with E-state index in [1.165, 1.54) is 19.3 Å². The average molecular weight is 279 g/mol. The van der Waals surface area contributed by atoms with Crippen molar-refractivity contribution in [3.8, 4) is 11.5 Å². The Bertz CT molecular complexity index is 393. The molecule has 0 bridgehead atoms. The van der Waals surface area contributed by atoms with Gasteiger partial charge in [-0.25, -0.2) is 0 Å². The second-order valence-corrected chi connectivity index (χ2v) is 4.63. The number of carbonyl (C=O) groups is 1. The monoisotopic (exact) mass is 279 g/mol. The molecule has 1 aromatic rings. The molecule has 0 aromatic heterocycles. The molecule has 4 nitrogen and oxygen atoms in total. The van der Waals surface area contributed by atoms with Crippen LogP contribution in [0.15, 0.2) is 24.3 Å². The van der Waals surface area contributed by atoms with Crippen LogP contribution in [0.1, 0.15) is 39.5 Å². The summed E-state index contributed by atoms with van der Waals surface area (Å²) in [4.78, 5) is 11.3. The molecule has 0 aliphatic rings. The van der Waals surface area contributed by atoms with Crippen molar-refractivity contribution in [3.63, 3.8) is 0 Å². The van der Waals surface area contributed by atoms with Gasteiger partial charge in [0, 0.05) is 12.6 Å².